The second-order valence-electron chi connectivity index (χ2n) is 10.7. The first-order valence-electron chi connectivity index (χ1n) is 12.6. The Morgan fingerprint density at radius 3 is 2.11 bits per heavy atom. The summed E-state index contributed by atoms with van der Waals surface area (Å²) in [6.45, 7) is 8.83. The highest BCUT2D eigenvalue weighted by Gasteiger charge is 2.53. The van der Waals surface area contributed by atoms with E-state index in [0.29, 0.717) is 15.3 Å². The Hall–Kier alpha value is -2.26. The monoisotopic (exact) mass is 593 g/mol. The molecule has 4 aromatic rings. The van der Waals surface area contributed by atoms with Gasteiger partial charge in [-0.05, 0) is 62.9 Å². The van der Waals surface area contributed by atoms with Crippen LogP contribution in [0.25, 0.3) is 11.0 Å². The van der Waals surface area contributed by atoms with Crippen molar-refractivity contribution in [1.29, 1.82) is 0 Å². The fraction of sp³-hybridized carbons (Fsp3) is 0.345. The Balaban J connectivity index is 1.54. The van der Waals surface area contributed by atoms with Crippen molar-refractivity contribution in [2.75, 3.05) is 6.26 Å². The van der Waals surface area contributed by atoms with Crippen LogP contribution in [0.5, 0.6) is 0 Å². The molecule has 0 unspecified atom stereocenters. The molecule has 1 fully saturated rings. The molecule has 0 amide bonds. The van der Waals surface area contributed by atoms with Crippen molar-refractivity contribution in [2.45, 2.75) is 62.9 Å². The van der Waals surface area contributed by atoms with Crippen LogP contribution in [0.1, 0.15) is 45.2 Å². The quantitative estimate of drug-likeness (QED) is 0.159. The number of benzene rings is 2. The normalized spacial score (nSPS) is 18.1. The number of hydrogen-bond donors (Lipinski definition) is 0. The molecule has 0 radical (unpaired) electrons. The molecule has 0 N–H and O–H groups in total. The predicted octanol–water partition coefficient (Wildman–Crippen LogP) is 5.86. The van der Waals surface area contributed by atoms with Crippen molar-refractivity contribution in [3.63, 3.8) is 0 Å². The van der Waals surface area contributed by atoms with Crippen LogP contribution < -0.4 is 15.9 Å². The third kappa shape index (κ3) is 4.52. The van der Waals surface area contributed by atoms with Crippen molar-refractivity contribution < 1.29 is 4.43 Å². The van der Waals surface area contributed by atoms with E-state index in [0.717, 1.165) is 23.8 Å². The van der Waals surface area contributed by atoms with Crippen LogP contribution in [0, 0.1) is 6.92 Å². The molecule has 8 heteroatoms. The molecule has 0 saturated heterocycles. The van der Waals surface area contributed by atoms with Crippen LogP contribution in [0.2, 0.25) is 5.04 Å². The number of aromatic nitrogens is 3. The summed E-state index contributed by atoms with van der Waals surface area (Å²) in [5.41, 5.74) is 1.55. The van der Waals surface area contributed by atoms with E-state index >= 15 is 0 Å². The number of rotatable bonds is 6. The summed E-state index contributed by atoms with van der Waals surface area (Å²) < 4.78 is 9.73. The van der Waals surface area contributed by atoms with E-state index in [-0.39, 0.29) is 22.7 Å². The Morgan fingerprint density at radius 1 is 1.03 bits per heavy atom. The zero-order valence-corrected chi connectivity index (χ0v) is 25.3. The highest BCUT2D eigenvalue weighted by atomic mass is 79.9. The van der Waals surface area contributed by atoms with E-state index in [1.807, 2.05) is 23.9 Å². The molecular weight excluding hydrogens is 562 g/mol. The Bertz CT molecular complexity index is 1440. The maximum Gasteiger partial charge on any atom is 0.267 e. The molecule has 0 aliphatic heterocycles. The Labute approximate surface area is 232 Å². The number of halogens is 1. The topological polar surface area (TPSA) is 57.0 Å². The maximum absolute atomic E-state index is 13.4. The van der Waals surface area contributed by atoms with E-state index in [4.69, 9.17) is 9.41 Å². The van der Waals surface area contributed by atoms with E-state index < -0.39 is 8.32 Å². The molecule has 0 spiro atoms. The molecule has 1 aliphatic rings. The number of nitrogens with zero attached hydrogens (tertiary/aromatic N) is 3. The minimum absolute atomic E-state index is 0.0275. The molecule has 1 aliphatic carbocycles. The van der Waals surface area contributed by atoms with E-state index in [1.165, 1.54) is 22.1 Å². The van der Waals surface area contributed by atoms with Gasteiger partial charge in [-0.15, -0.1) is 0 Å². The first-order valence-corrected chi connectivity index (χ1v) is 16.5. The average Bonchev–Trinajstić information content (AvgIpc) is 2.88. The first-order chi connectivity index (χ1) is 17.7. The lowest BCUT2D eigenvalue weighted by molar-refractivity contribution is 0.0616. The van der Waals surface area contributed by atoms with Gasteiger partial charge in [0.25, 0.3) is 13.9 Å². The summed E-state index contributed by atoms with van der Waals surface area (Å²) >= 11 is 5.02. The minimum Gasteiger partial charge on any atom is -0.404 e. The summed E-state index contributed by atoms with van der Waals surface area (Å²) in [6.07, 6.45) is 5.38. The summed E-state index contributed by atoms with van der Waals surface area (Å²) in [5.74, 6) is 0. The molecule has 2 aromatic carbocycles. The zero-order valence-electron chi connectivity index (χ0n) is 21.9. The van der Waals surface area contributed by atoms with Gasteiger partial charge < -0.3 is 4.43 Å². The molecule has 192 valence electrons. The SMILES string of the molecule is CSc1ncc2c(C)c(Br)c(=O)n(C3CC(O[Si](c4ccccc4)(c4ccccc4)C(C)(C)C)C3)c2n1. The summed E-state index contributed by atoms with van der Waals surface area (Å²) in [6, 6.07) is 21.5. The molecule has 2 heterocycles. The van der Waals surface area contributed by atoms with Gasteiger partial charge in [-0.2, -0.15) is 0 Å². The standard InChI is InChI=1S/C29H32BrN3O2SSi/c1-19-24-18-31-28(36-5)32-26(24)33(27(34)25(19)30)20-16-21(17-20)35-37(29(2,3)4,22-12-8-6-9-13-22)23-14-10-7-11-15-23/h6-15,18,20-21H,16-17H2,1-5H3. The summed E-state index contributed by atoms with van der Waals surface area (Å²) in [7, 11) is -2.64. The largest absolute Gasteiger partial charge is 0.404 e. The number of pyridine rings is 1. The van der Waals surface area contributed by atoms with Crippen LogP contribution >= 0.6 is 27.7 Å². The van der Waals surface area contributed by atoms with Gasteiger partial charge in [0.1, 0.15) is 5.65 Å². The van der Waals surface area contributed by atoms with Gasteiger partial charge in [0.05, 0.1) is 4.47 Å². The molecule has 0 bridgehead atoms. The van der Waals surface area contributed by atoms with Crippen molar-refractivity contribution in [3.05, 3.63) is 87.3 Å². The number of hydrogen-bond acceptors (Lipinski definition) is 5. The number of thioether (sulfide) groups is 1. The van der Waals surface area contributed by atoms with Crippen LogP contribution in [-0.4, -0.2) is 35.2 Å². The highest BCUT2D eigenvalue weighted by molar-refractivity contribution is 9.10. The molecule has 5 rings (SSSR count). The Morgan fingerprint density at radius 2 is 1.59 bits per heavy atom. The lowest BCUT2D eigenvalue weighted by Crippen LogP contribution is -2.68. The summed E-state index contributed by atoms with van der Waals surface area (Å²) in [5, 5.41) is 4.03. The fourth-order valence-corrected chi connectivity index (χ4v) is 11.0. The van der Waals surface area contributed by atoms with Crippen molar-refractivity contribution >= 4 is 57.4 Å². The number of aryl methyl sites for hydroxylation is 1. The van der Waals surface area contributed by atoms with Gasteiger partial charge in [-0.1, -0.05) is 93.2 Å². The molecular formula is C29H32BrN3O2SSi. The molecule has 2 aromatic heterocycles. The number of fused-ring (bicyclic) bond motifs is 1. The van der Waals surface area contributed by atoms with E-state index in [2.05, 4.69) is 102 Å². The zero-order chi connectivity index (χ0) is 26.4. The van der Waals surface area contributed by atoms with Gasteiger partial charge in [0.2, 0.25) is 0 Å². The van der Waals surface area contributed by atoms with Crippen LogP contribution in [-0.2, 0) is 4.43 Å². The smallest absolute Gasteiger partial charge is 0.267 e. The first kappa shape index (κ1) is 26.3. The molecule has 37 heavy (non-hydrogen) atoms. The van der Waals surface area contributed by atoms with Gasteiger partial charge in [0.15, 0.2) is 5.16 Å². The Kier molecular flexibility index (Phi) is 7.22. The lowest BCUT2D eigenvalue weighted by atomic mass is 9.89. The van der Waals surface area contributed by atoms with Crippen molar-refractivity contribution in [1.82, 2.24) is 14.5 Å². The molecule has 1 saturated carbocycles. The molecule has 5 nitrogen and oxygen atoms in total. The van der Waals surface area contributed by atoms with Crippen LogP contribution in [0.15, 0.2) is 81.3 Å². The van der Waals surface area contributed by atoms with Gasteiger partial charge >= 0.3 is 0 Å². The maximum atomic E-state index is 13.4. The molecule has 0 atom stereocenters. The van der Waals surface area contributed by atoms with Gasteiger partial charge in [-0.25, -0.2) is 9.97 Å². The second-order valence-corrected chi connectivity index (χ2v) is 16.6. The minimum atomic E-state index is -2.64. The highest BCUT2D eigenvalue weighted by Crippen LogP contribution is 2.43. The van der Waals surface area contributed by atoms with Gasteiger partial charge in [-0.3, -0.25) is 9.36 Å². The fourth-order valence-electron chi connectivity index (χ4n) is 5.51. The predicted molar refractivity (Wildman–Crippen MR) is 159 cm³/mol. The lowest BCUT2D eigenvalue weighted by Gasteiger charge is -2.49. The third-order valence-corrected chi connectivity index (χ3v) is 14.1. The average molecular weight is 595 g/mol. The van der Waals surface area contributed by atoms with E-state index in [1.54, 1.807) is 0 Å². The second kappa shape index (κ2) is 10.1. The third-order valence-electron chi connectivity index (χ3n) is 7.49. The summed E-state index contributed by atoms with van der Waals surface area (Å²) in [4.78, 5) is 22.7. The van der Waals surface area contributed by atoms with Crippen molar-refractivity contribution in [3.8, 4) is 0 Å². The van der Waals surface area contributed by atoms with Crippen LogP contribution in [0.3, 0.4) is 0 Å². The van der Waals surface area contributed by atoms with Crippen LogP contribution in [0.4, 0.5) is 0 Å². The van der Waals surface area contributed by atoms with E-state index in [9.17, 15) is 4.79 Å². The van der Waals surface area contributed by atoms with Gasteiger partial charge in [0, 0.05) is 23.7 Å². The van der Waals surface area contributed by atoms with Crippen molar-refractivity contribution in [2.24, 2.45) is 0 Å².